The Balaban J connectivity index is 1.75. The van der Waals surface area contributed by atoms with Crippen LogP contribution in [-0.2, 0) is 0 Å². The molecule has 0 bridgehead atoms. The molecule has 1 aromatic carbocycles. The predicted octanol–water partition coefficient (Wildman–Crippen LogP) is 2.79. The Morgan fingerprint density at radius 1 is 1.38 bits per heavy atom. The molecule has 6 heteroatoms. The summed E-state index contributed by atoms with van der Waals surface area (Å²) in [6.45, 7) is 2.33. The van der Waals surface area contributed by atoms with Gasteiger partial charge in [0.1, 0.15) is 6.10 Å². The molecule has 0 spiro atoms. The Kier molecular flexibility index (Phi) is 6.85. The third-order valence-corrected chi connectivity index (χ3v) is 4.65. The Morgan fingerprint density at radius 2 is 2.04 bits per heavy atom. The smallest absolute Gasteiger partial charge is 0.317 e. The van der Waals surface area contributed by atoms with Crippen molar-refractivity contribution in [2.24, 2.45) is 5.92 Å². The van der Waals surface area contributed by atoms with Crippen LogP contribution in [0.25, 0.3) is 0 Å². The van der Waals surface area contributed by atoms with Gasteiger partial charge >= 0.3 is 6.03 Å². The van der Waals surface area contributed by atoms with Gasteiger partial charge in [-0.15, -0.1) is 0 Å². The average molecular weight is 338 g/mol. The Hall–Kier alpha value is -1.82. The first-order valence-electron chi connectivity index (χ1n) is 8.54. The van der Waals surface area contributed by atoms with Crippen molar-refractivity contribution < 1.29 is 19.0 Å². The van der Waals surface area contributed by atoms with Gasteiger partial charge in [0.15, 0.2) is 11.6 Å². The number of benzene rings is 1. The minimum atomic E-state index is -0.409. The molecule has 0 aromatic heterocycles. The maximum Gasteiger partial charge on any atom is 0.317 e. The molecule has 134 valence electrons. The van der Waals surface area contributed by atoms with Crippen LogP contribution in [0.3, 0.4) is 0 Å². The number of rotatable bonds is 6. The molecule has 1 aliphatic rings. The number of nitrogens with one attached hydrogen (secondary N) is 1. The zero-order valence-corrected chi connectivity index (χ0v) is 14.4. The molecule has 0 aliphatic heterocycles. The van der Waals surface area contributed by atoms with Crippen LogP contribution in [-0.4, -0.2) is 48.4 Å². The molecule has 1 fully saturated rings. The molecule has 1 unspecified atom stereocenters. The molecule has 2 N–H and O–H groups in total. The summed E-state index contributed by atoms with van der Waals surface area (Å²) < 4.78 is 19.1. The number of halogens is 1. The van der Waals surface area contributed by atoms with Crippen LogP contribution in [0.15, 0.2) is 24.3 Å². The molecule has 0 heterocycles. The maximum absolute atomic E-state index is 13.5. The Morgan fingerprint density at radius 3 is 2.67 bits per heavy atom. The van der Waals surface area contributed by atoms with Gasteiger partial charge in [0.05, 0.1) is 6.54 Å². The van der Waals surface area contributed by atoms with E-state index in [0.717, 1.165) is 25.7 Å². The van der Waals surface area contributed by atoms with E-state index in [4.69, 9.17) is 4.74 Å². The van der Waals surface area contributed by atoms with E-state index in [1.807, 2.05) is 0 Å². The molecule has 1 aromatic rings. The number of urea groups is 1. The van der Waals surface area contributed by atoms with Gasteiger partial charge in [-0.1, -0.05) is 12.1 Å². The van der Waals surface area contributed by atoms with Crippen molar-refractivity contribution in [3.05, 3.63) is 30.1 Å². The fourth-order valence-corrected chi connectivity index (χ4v) is 3.04. The lowest BCUT2D eigenvalue weighted by Crippen LogP contribution is -2.47. The Labute approximate surface area is 142 Å². The SMILES string of the molecule is CC(CNC(=O)N(C)C1CCC(CO)CC1)Oc1ccccc1F. The summed E-state index contributed by atoms with van der Waals surface area (Å²) >= 11 is 0. The van der Waals surface area contributed by atoms with E-state index in [9.17, 15) is 14.3 Å². The van der Waals surface area contributed by atoms with Crippen molar-refractivity contribution >= 4 is 6.03 Å². The second-order valence-electron chi connectivity index (χ2n) is 6.51. The second kappa shape index (κ2) is 8.87. The number of aliphatic hydroxyl groups is 1. The summed E-state index contributed by atoms with van der Waals surface area (Å²) in [6.07, 6.45) is 3.40. The van der Waals surface area contributed by atoms with E-state index in [1.165, 1.54) is 6.07 Å². The van der Waals surface area contributed by atoms with E-state index < -0.39 is 5.82 Å². The fourth-order valence-electron chi connectivity index (χ4n) is 3.04. The maximum atomic E-state index is 13.5. The first-order valence-corrected chi connectivity index (χ1v) is 8.54. The lowest BCUT2D eigenvalue weighted by atomic mass is 9.86. The highest BCUT2D eigenvalue weighted by molar-refractivity contribution is 5.74. The molecule has 24 heavy (non-hydrogen) atoms. The van der Waals surface area contributed by atoms with Gasteiger partial charge in [-0.05, 0) is 50.7 Å². The van der Waals surface area contributed by atoms with Crippen LogP contribution >= 0.6 is 0 Å². The van der Waals surface area contributed by atoms with Crippen molar-refractivity contribution in [1.82, 2.24) is 10.2 Å². The largest absolute Gasteiger partial charge is 0.486 e. The number of carbonyl (C=O) groups is 1. The zero-order valence-electron chi connectivity index (χ0n) is 14.4. The average Bonchev–Trinajstić information content (AvgIpc) is 2.61. The van der Waals surface area contributed by atoms with Gasteiger partial charge in [-0.25, -0.2) is 9.18 Å². The van der Waals surface area contributed by atoms with Gasteiger partial charge in [0, 0.05) is 19.7 Å². The van der Waals surface area contributed by atoms with Crippen molar-refractivity contribution in [2.75, 3.05) is 20.2 Å². The molecule has 0 saturated heterocycles. The molecule has 2 amide bonds. The monoisotopic (exact) mass is 338 g/mol. The summed E-state index contributed by atoms with van der Waals surface area (Å²) in [6, 6.07) is 6.29. The van der Waals surface area contributed by atoms with Crippen LogP contribution in [0.2, 0.25) is 0 Å². The minimum absolute atomic E-state index is 0.147. The van der Waals surface area contributed by atoms with Crippen LogP contribution in [0, 0.1) is 11.7 Å². The normalized spacial score (nSPS) is 21.8. The van der Waals surface area contributed by atoms with Gasteiger partial charge in [-0.2, -0.15) is 0 Å². The number of hydrogen-bond donors (Lipinski definition) is 2. The summed E-state index contributed by atoms with van der Waals surface area (Å²) in [7, 11) is 1.79. The highest BCUT2D eigenvalue weighted by atomic mass is 19.1. The molecule has 0 radical (unpaired) electrons. The predicted molar refractivity (Wildman–Crippen MR) is 90.5 cm³/mol. The Bertz CT molecular complexity index is 533. The highest BCUT2D eigenvalue weighted by Crippen LogP contribution is 2.26. The minimum Gasteiger partial charge on any atom is -0.486 e. The van der Waals surface area contributed by atoms with E-state index in [2.05, 4.69) is 5.32 Å². The lowest BCUT2D eigenvalue weighted by molar-refractivity contribution is 0.131. The van der Waals surface area contributed by atoms with E-state index in [0.29, 0.717) is 12.5 Å². The number of ether oxygens (including phenoxy) is 1. The van der Waals surface area contributed by atoms with Crippen LogP contribution in [0.4, 0.5) is 9.18 Å². The number of amides is 2. The molecular formula is C18H27FN2O3. The number of aliphatic hydroxyl groups excluding tert-OH is 1. The molecular weight excluding hydrogens is 311 g/mol. The van der Waals surface area contributed by atoms with Crippen molar-refractivity contribution in [3.8, 4) is 5.75 Å². The third kappa shape index (κ3) is 5.09. The van der Waals surface area contributed by atoms with Gasteiger partial charge < -0.3 is 20.1 Å². The van der Waals surface area contributed by atoms with Crippen molar-refractivity contribution in [1.29, 1.82) is 0 Å². The fraction of sp³-hybridized carbons (Fsp3) is 0.611. The van der Waals surface area contributed by atoms with Crippen LogP contribution < -0.4 is 10.1 Å². The van der Waals surface area contributed by atoms with E-state index in [-0.39, 0.29) is 30.5 Å². The summed E-state index contributed by atoms with van der Waals surface area (Å²) in [5, 5.41) is 12.0. The van der Waals surface area contributed by atoms with E-state index in [1.54, 1.807) is 37.1 Å². The topological polar surface area (TPSA) is 61.8 Å². The quantitative estimate of drug-likeness (QED) is 0.838. The van der Waals surface area contributed by atoms with E-state index >= 15 is 0 Å². The first kappa shape index (κ1) is 18.5. The molecule has 1 aliphatic carbocycles. The van der Waals surface area contributed by atoms with Gasteiger partial charge in [0.2, 0.25) is 0 Å². The van der Waals surface area contributed by atoms with Crippen molar-refractivity contribution in [3.63, 3.8) is 0 Å². The first-order chi connectivity index (χ1) is 11.5. The van der Waals surface area contributed by atoms with Crippen LogP contribution in [0.5, 0.6) is 5.75 Å². The lowest BCUT2D eigenvalue weighted by Gasteiger charge is -2.34. The molecule has 1 saturated carbocycles. The summed E-state index contributed by atoms with van der Waals surface area (Å²) in [5.41, 5.74) is 0. The van der Waals surface area contributed by atoms with Crippen LogP contribution in [0.1, 0.15) is 32.6 Å². The number of hydrogen-bond acceptors (Lipinski definition) is 3. The standard InChI is InChI=1S/C18H27FN2O3/c1-13(24-17-6-4-3-5-16(17)19)11-20-18(23)21(2)15-9-7-14(12-22)8-10-15/h3-6,13-15,22H,7-12H2,1-2H3,(H,20,23). The molecule has 5 nitrogen and oxygen atoms in total. The van der Waals surface area contributed by atoms with Crippen molar-refractivity contribution in [2.45, 2.75) is 44.8 Å². The van der Waals surface area contributed by atoms with Gasteiger partial charge in [-0.3, -0.25) is 0 Å². The second-order valence-corrected chi connectivity index (χ2v) is 6.51. The number of carbonyl (C=O) groups excluding carboxylic acids is 1. The summed E-state index contributed by atoms with van der Waals surface area (Å²) in [5.74, 6) is 0.148. The number of nitrogens with zero attached hydrogens (tertiary/aromatic N) is 1. The highest BCUT2D eigenvalue weighted by Gasteiger charge is 2.26. The third-order valence-electron chi connectivity index (χ3n) is 4.65. The summed E-state index contributed by atoms with van der Waals surface area (Å²) in [4.78, 5) is 14.0. The molecule has 1 atom stereocenters. The zero-order chi connectivity index (χ0) is 17.5. The molecule has 2 rings (SSSR count). The van der Waals surface area contributed by atoms with Gasteiger partial charge in [0.25, 0.3) is 0 Å². The number of para-hydroxylation sites is 1.